The van der Waals surface area contributed by atoms with Crippen LogP contribution in [0.5, 0.6) is 0 Å². The number of imidazole rings is 1. The minimum atomic E-state index is -0.254. The number of halogens is 2. The lowest BCUT2D eigenvalue weighted by molar-refractivity contribution is 0.490. The molecular weight excluding hydrogens is 415 g/mol. The smallest absolute Gasteiger partial charge is 0.225 e. The van der Waals surface area contributed by atoms with E-state index in [4.69, 9.17) is 21.6 Å². The minimum Gasteiger partial charge on any atom is -0.350 e. The molecule has 31 heavy (non-hydrogen) atoms. The van der Waals surface area contributed by atoms with E-state index < -0.39 is 0 Å². The summed E-state index contributed by atoms with van der Waals surface area (Å²) in [4.78, 5) is 13.9. The highest BCUT2D eigenvalue weighted by Gasteiger charge is 2.22. The van der Waals surface area contributed by atoms with Crippen LogP contribution in [0.3, 0.4) is 0 Å². The molecule has 0 unspecified atom stereocenters. The van der Waals surface area contributed by atoms with E-state index in [0.29, 0.717) is 34.5 Å². The third-order valence-electron chi connectivity index (χ3n) is 5.60. The molecule has 2 aromatic carbocycles. The zero-order valence-corrected chi connectivity index (χ0v) is 17.6. The first-order valence-corrected chi connectivity index (χ1v) is 10.7. The van der Waals surface area contributed by atoms with Gasteiger partial charge in [-0.15, -0.1) is 0 Å². The number of rotatable bonds is 6. The lowest BCUT2D eigenvalue weighted by Crippen LogP contribution is -2.16. The fourth-order valence-electron chi connectivity index (χ4n) is 3.97. The number of benzene rings is 2. The SMILES string of the molecule is Fc1ccccc1CNc1ncc2nc(-c3ccccc3Cl)n(C[C@H]3CCNC3)c2n1. The molecule has 0 saturated carbocycles. The van der Waals surface area contributed by atoms with E-state index in [1.165, 1.54) is 6.07 Å². The molecule has 1 saturated heterocycles. The molecule has 6 nitrogen and oxygen atoms in total. The van der Waals surface area contributed by atoms with E-state index in [9.17, 15) is 4.39 Å². The van der Waals surface area contributed by atoms with Crippen molar-refractivity contribution in [2.75, 3.05) is 18.4 Å². The van der Waals surface area contributed by atoms with Gasteiger partial charge in [0.1, 0.15) is 17.2 Å². The van der Waals surface area contributed by atoms with Crippen LogP contribution >= 0.6 is 11.6 Å². The molecule has 2 N–H and O–H groups in total. The van der Waals surface area contributed by atoms with Crippen LogP contribution in [-0.4, -0.2) is 32.6 Å². The van der Waals surface area contributed by atoms with Gasteiger partial charge in [0, 0.05) is 24.2 Å². The quantitative estimate of drug-likeness (QED) is 0.465. The maximum atomic E-state index is 14.0. The normalized spacial score (nSPS) is 16.1. The van der Waals surface area contributed by atoms with Crippen molar-refractivity contribution < 1.29 is 4.39 Å². The van der Waals surface area contributed by atoms with Crippen molar-refractivity contribution in [2.45, 2.75) is 19.5 Å². The summed E-state index contributed by atoms with van der Waals surface area (Å²) >= 11 is 6.49. The average Bonchev–Trinajstić information content (AvgIpc) is 3.42. The number of hydrogen-bond donors (Lipinski definition) is 2. The van der Waals surface area contributed by atoms with Crippen LogP contribution in [0.25, 0.3) is 22.6 Å². The molecule has 8 heteroatoms. The summed E-state index contributed by atoms with van der Waals surface area (Å²) in [5, 5.41) is 7.20. The fraction of sp³-hybridized carbons (Fsp3) is 0.261. The number of fused-ring (bicyclic) bond motifs is 1. The Labute approximate surface area is 184 Å². The molecule has 1 atom stereocenters. The molecule has 1 aliphatic rings. The van der Waals surface area contributed by atoms with Crippen molar-refractivity contribution in [1.82, 2.24) is 24.8 Å². The molecule has 0 spiro atoms. The van der Waals surface area contributed by atoms with Gasteiger partial charge in [0.25, 0.3) is 0 Å². The number of nitrogens with one attached hydrogen (secondary N) is 2. The second kappa shape index (κ2) is 8.61. The molecule has 1 fully saturated rings. The molecule has 1 aliphatic heterocycles. The summed E-state index contributed by atoms with van der Waals surface area (Å²) in [6.07, 6.45) is 2.81. The highest BCUT2D eigenvalue weighted by atomic mass is 35.5. The van der Waals surface area contributed by atoms with Crippen molar-refractivity contribution in [3.63, 3.8) is 0 Å². The van der Waals surface area contributed by atoms with E-state index in [2.05, 4.69) is 20.2 Å². The van der Waals surface area contributed by atoms with Gasteiger partial charge in [-0.3, -0.25) is 0 Å². The molecule has 0 bridgehead atoms. The summed E-state index contributed by atoms with van der Waals surface area (Å²) in [6, 6.07) is 14.4. The number of aromatic nitrogens is 4. The third kappa shape index (κ3) is 4.11. The van der Waals surface area contributed by atoms with E-state index in [1.807, 2.05) is 30.3 Å². The average molecular weight is 437 g/mol. The van der Waals surface area contributed by atoms with Gasteiger partial charge in [0.2, 0.25) is 5.95 Å². The first-order valence-electron chi connectivity index (χ1n) is 10.3. The lowest BCUT2D eigenvalue weighted by Gasteiger charge is -2.14. The summed E-state index contributed by atoms with van der Waals surface area (Å²) < 4.78 is 16.1. The summed E-state index contributed by atoms with van der Waals surface area (Å²) in [5.41, 5.74) is 2.88. The van der Waals surface area contributed by atoms with E-state index in [1.54, 1.807) is 18.3 Å². The van der Waals surface area contributed by atoms with E-state index >= 15 is 0 Å². The molecule has 2 aromatic heterocycles. The summed E-state index contributed by atoms with van der Waals surface area (Å²) in [7, 11) is 0. The number of nitrogens with zero attached hydrogens (tertiary/aromatic N) is 4. The Kier molecular flexibility index (Phi) is 5.53. The monoisotopic (exact) mass is 436 g/mol. The number of hydrogen-bond acceptors (Lipinski definition) is 5. The highest BCUT2D eigenvalue weighted by Crippen LogP contribution is 2.31. The Hall–Kier alpha value is -3.03. The standard InChI is InChI=1S/C23H22ClFN6/c24-18-7-3-2-6-17(18)21-29-20-13-28-23(27-12-16-5-1-4-8-19(16)25)30-22(20)31(21)14-15-9-10-26-11-15/h1-8,13,15,26H,9-12,14H2,(H,27,28,30)/t15-/m0/s1. The van der Waals surface area contributed by atoms with Crippen LogP contribution < -0.4 is 10.6 Å². The summed E-state index contributed by atoms with van der Waals surface area (Å²) in [5.74, 6) is 1.46. The van der Waals surface area contributed by atoms with Crippen LogP contribution in [0.1, 0.15) is 12.0 Å². The topological polar surface area (TPSA) is 67.7 Å². The van der Waals surface area contributed by atoms with Gasteiger partial charge in [-0.05, 0) is 43.6 Å². The molecule has 0 radical (unpaired) electrons. The maximum absolute atomic E-state index is 14.0. The Morgan fingerprint density at radius 3 is 2.77 bits per heavy atom. The zero-order chi connectivity index (χ0) is 21.2. The molecule has 3 heterocycles. The molecule has 0 amide bonds. The van der Waals surface area contributed by atoms with Crippen molar-refractivity contribution in [3.05, 3.63) is 71.1 Å². The highest BCUT2D eigenvalue weighted by molar-refractivity contribution is 6.33. The van der Waals surface area contributed by atoms with Gasteiger partial charge in [-0.2, -0.15) is 4.98 Å². The molecule has 4 aromatic rings. The maximum Gasteiger partial charge on any atom is 0.225 e. The number of anilines is 1. The first-order chi connectivity index (χ1) is 15.2. The molecule has 158 valence electrons. The Balaban J connectivity index is 1.53. The minimum absolute atomic E-state index is 0.254. The molecular formula is C23H22ClFN6. The van der Waals surface area contributed by atoms with Crippen molar-refractivity contribution in [2.24, 2.45) is 5.92 Å². The van der Waals surface area contributed by atoms with Gasteiger partial charge in [-0.1, -0.05) is 41.9 Å². The van der Waals surface area contributed by atoms with Crippen molar-refractivity contribution >= 4 is 28.7 Å². The van der Waals surface area contributed by atoms with Crippen molar-refractivity contribution in [1.29, 1.82) is 0 Å². The third-order valence-corrected chi connectivity index (χ3v) is 5.93. The van der Waals surface area contributed by atoms with Gasteiger partial charge in [-0.25, -0.2) is 14.4 Å². The predicted octanol–water partition coefficient (Wildman–Crippen LogP) is 4.51. The van der Waals surface area contributed by atoms with Crippen LogP contribution in [0, 0.1) is 11.7 Å². The van der Waals surface area contributed by atoms with Crippen LogP contribution in [-0.2, 0) is 13.1 Å². The lowest BCUT2D eigenvalue weighted by atomic mass is 10.1. The Morgan fingerprint density at radius 1 is 1.13 bits per heavy atom. The van der Waals surface area contributed by atoms with Gasteiger partial charge in [0.15, 0.2) is 5.65 Å². The van der Waals surface area contributed by atoms with Gasteiger partial charge < -0.3 is 15.2 Å². The Morgan fingerprint density at radius 2 is 1.97 bits per heavy atom. The van der Waals surface area contributed by atoms with Gasteiger partial charge in [0.05, 0.1) is 11.2 Å². The van der Waals surface area contributed by atoms with Crippen LogP contribution in [0.4, 0.5) is 10.3 Å². The second-order valence-corrected chi connectivity index (χ2v) is 8.14. The van der Waals surface area contributed by atoms with Crippen molar-refractivity contribution in [3.8, 4) is 11.4 Å². The first kappa shape index (κ1) is 19.9. The summed E-state index contributed by atoms with van der Waals surface area (Å²) in [6.45, 7) is 3.07. The largest absolute Gasteiger partial charge is 0.350 e. The van der Waals surface area contributed by atoms with Crippen LogP contribution in [0.15, 0.2) is 54.7 Å². The fourth-order valence-corrected chi connectivity index (χ4v) is 4.19. The molecule has 5 rings (SSSR count). The van der Waals surface area contributed by atoms with Gasteiger partial charge >= 0.3 is 0 Å². The predicted molar refractivity (Wildman–Crippen MR) is 120 cm³/mol. The second-order valence-electron chi connectivity index (χ2n) is 7.73. The zero-order valence-electron chi connectivity index (χ0n) is 16.9. The van der Waals surface area contributed by atoms with E-state index in [-0.39, 0.29) is 5.82 Å². The van der Waals surface area contributed by atoms with E-state index in [0.717, 1.165) is 43.1 Å². The molecule has 0 aliphatic carbocycles. The Bertz CT molecular complexity index is 1220. The van der Waals surface area contributed by atoms with Crippen LogP contribution in [0.2, 0.25) is 5.02 Å².